The number of hydrogen-bond acceptors (Lipinski definition) is 1. The molecule has 1 aromatic heterocycles. The Balaban J connectivity index is 2.24. The molecule has 1 aliphatic heterocycles. The zero-order chi connectivity index (χ0) is 9.54. The first-order chi connectivity index (χ1) is 6.88. The Morgan fingerprint density at radius 3 is 3.00 bits per heavy atom. The van der Waals surface area contributed by atoms with Crippen LogP contribution in [0.25, 0.3) is 5.69 Å². The number of fused-ring (bicyclic) bond motifs is 3. The van der Waals surface area contributed by atoms with Gasteiger partial charge < -0.3 is 4.57 Å². The predicted octanol–water partition coefficient (Wildman–Crippen LogP) is 2.30. The van der Waals surface area contributed by atoms with E-state index < -0.39 is 0 Å². The second kappa shape index (κ2) is 2.79. The summed E-state index contributed by atoms with van der Waals surface area (Å²) in [5.41, 5.74) is 3.79. The highest BCUT2D eigenvalue weighted by atomic mass is 31.1. The summed E-state index contributed by atoms with van der Waals surface area (Å²) in [6.45, 7) is 0. The molecule has 0 N–H and O–H groups in total. The van der Waals surface area contributed by atoms with Crippen molar-refractivity contribution in [3.63, 3.8) is 0 Å². The fourth-order valence-corrected chi connectivity index (χ4v) is 2.36. The summed E-state index contributed by atoms with van der Waals surface area (Å²) in [6, 6.07) is 10.3. The lowest BCUT2D eigenvalue weighted by Gasteiger charge is -1.99. The molecule has 1 aliphatic rings. The van der Waals surface area contributed by atoms with Crippen LogP contribution in [-0.2, 0) is 11.0 Å². The van der Waals surface area contributed by atoms with Gasteiger partial charge in [0, 0.05) is 24.0 Å². The van der Waals surface area contributed by atoms with Crippen molar-refractivity contribution in [2.24, 2.45) is 0 Å². The predicted molar refractivity (Wildman–Crippen MR) is 55.8 cm³/mol. The molecule has 3 heteroatoms. The third kappa shape index (κ3) is 0.978. The summed E-state index contributed by atoms with van der Waals surface area (Å²) in [5.74, 6) is 0. The fourth-order valence-electron chi connectivity index (χ4n) is 1.99. The van der Waals surface area contributed by atoms with Gasteiger partial charge in [-0.15, -0.1) is 0 Å². The van der Waals surface area contributed by atoms with Crippen molar-refractivity contribution in [3.05, 3.63) is 47.8 Å². The largest absolute Gasteiger partial charge is 0.319 e. The average Bonchev–Trinajstić information content (AvgIpc) is 2.73. The van der Waals surface area contributed by atoms with E-state index in [0.717, 1.165) is 11.7 Å². The van der Waals surface area contributed by atoms with E-state index in [1.54, 1.807) is 0 Å². The van der Waals surface area contributed by atoms with Gasteiger partial charge in [0.05, 0.1) is 5.30 Å². The molecule has 68 valence electrons. The molecule has 14 heavy (non-hydrogen) atoms. The van der Waals surface area contributed by atoms with E-state index in [1.165, 1.54) is 16.9 Å². The van der Waals surface area contributed by atoms with Gasteiger partial charge in [-0.3, -0.25) is 4.57 Å². The maximum absolute atomic E-state index is 10.7. The lowest BCUT2D eigenvalue weighted by molar-refractivity contribution is 0.603. The van der Waals surface area contributed by atoms with Crippen molar-refractivity contribution in [1.29, 1.82) is 0 Å². The molecule has 1 aromatic carbocycles. The van der Waals surface area contributed by atoms with Crippen LogP contribution in [0.3, 0.4) is 0 Å². The van der Waals surface area contributed by atoms with Gasteiger partial charge >= 0.3 is 0 Å². The van der Waals surface area contributed by atoms with Crippen molar-refractivity contribution >= 4 is 13.8 Å². The fraction of sp³-hybridized carbons (Fsp3) is 0.0909. The highest BCUT2D eigenvalue weighted by molar-refractivity contribution is 7.34. The quantitative estimate of drug-likeness (QED) is 0.553. The molecule has 0 spiro atoms. The van der Waals surface area contributed by atoms with E-state index in [-0.39, 0.29) is 8.46 Å². The number of nitrogens with zero attached hydrogens (tertiary/aromatic N) is 1. The van der Waals surface area contributed by atoms with Gasteiger partial charge in [0.15, 0.2) is 8.46 Å². The van der Waals surface area contributed by atoms with Crippen LogP contribution in [0.15, 0.2) is 36.5 Å². The Bertz CT molecular complexity index is 516. The molecule has 0 fully saturated rings. The smallest absolute Gasteiger partial charge is 0.193 e. The number of rotatable bonds is 1. The third-order valence-corrected chi connectivity index (χ3v) is 3.07. The Hall–Kier alpha value is -1.40. The molecule has 2 heterocycles. The van der Waals surface area contributed by atoms with Gasteiger partial charge in [0.1, 0.15) is 0 Å². The zero-order valence-corrected chi connectivity index (χ0v) is 8.37. The first kappa shape index (κ1) is 7.95. The summed E-state index contributed by atoms with van der Waals surface area (Å²) < 4.78 is 12.8. The standard InChI is InChI=1S/C11H8NOP/c13-14-10-6-9-5-8-3-1-2-4-11(8)12(9)7-10/h1-4,6-7H,5H2. The second-order valence-electron chi connectivity index (χ2n) is 3.46. The van der Waals surface area contributed by atoms with Crippen LogP contribution >= 0.6 is 8.46 Å². The van der Waals surface area contributed by atoms with E-state index in [1.807, 2.05) is 18.3 Å². The molecule has 0 bridgehead atoms. The summed E-state index contributed by atoms with van der Waals surface area (Å²) in [5, 5.41) is 0.856. The number of hydrogen-bond donors (Lipinski definition) is 0. The minimum atomic E-state index is 0.104. The van der Waals surface area contributed by atoms with Crippen molar-refractivity contribution in [1.82, 2.24) is 4.57 Å². The molecule has 0 atom stereocenters. The average molecular weight is 201 g/mol. The van der Waals surface area contributed by atoms with Gasteiger partial charge in [-0.1, -0.05) is 18.2 Å². The van der Waals surface area contributed by atoms with Gasteiger partial charge in [-0.25, -0.2) is 0 Å². The van der Waals surface area contributed by atoms with E-state index >= 15 is 0 Å². The Labute approximate surface area is 83.4 Å². The molecule has 0 aliphatic carbocycles. The van der Waals surface area contributed by atoms with Gasteiger partial charge in [-0.05, 0) is 17.7 Å². The minimum Gasteiger partial charge on any atom is -0.319 e. The number of benzene rings is 1. The molecular weight excluding hydrogens is 193 g/mol. The summed E-state index contributed by atoms with van der Waals surface area (Å²) in [4.78, 5) is 0. The Morgan fingerprint density at radius 1 is 1.29 bits per heavy atom. The third-order valence-electron chi connectivity index (χ3n) is 2.61. The molecule has 0 saturated heterocycles. The van der Waals surface area contributed by atoms with Gasteiger partial charge in [0.25, 0.3) is 0 Å². The van der Waals surface area contributed by atoms with Crippen molar-refractivity contribution in [2.45, 2.75) is 6.42 Å². The topological polar surface area (TPSA) is 22.0 Å². The lowest BCUT2D eigenvalue weighted by atomic mass is 10.1. The highest BCUT2D eigenvalue weighted by Gasteiger charge is 2.18. The maximum Gasteiger partial charge on any atom is 0.193 e. The first-order valence-electron chi connectivity index (χ1n) is 4.51. The lowest BCUT2D eigenvalue weighted by Crippen LogP contribution is -1.90. The minimum absolute atomic E-state index is 0.104. The zero-order valence-electron chi connectivity index (χ0n) is 7.47. The highest BCUT2D eigenvalue weighted by Crippen LogP contribution is 2.27. The van der Waals surface area contributed by atoms with E-state index in [2.05, 4.69) is 22.8 Å². The molecule has 2 nitrogen and oxygen atoms in total. The van der Waals surface area contributed by atoms with Crippen LogP contribution in [0.2, 0.25) is 0 Å². The van der Waals surface area contributed by atoms with Crippen LogP contribution in [-0.4, -0.2) is 4.57 Å². The van der Waals surface area contributed by atoms with E-state index in [0.29, 0.717) is 0 Å². The first-order valence-corrected chi connectivity index (χ1v) is 5.32. The number of aromatic nitrogens is 1. The molecule has 0 unspecified atom stereocenters. The van der Waals surface area contributed by atoms with Crippen molar-refractivity contribution in [3.8, 4) is 5.69 Å². The summed E-state index contributed by atoms with van der Waals surface area (Å²) in [7, 11) is 0.104. The molecule has 2 aromatic rings. The monoisotopic (exact) mass is 201 g/mol. The van der Waals surface area contributed by atoms with Gasteiger partial charge in [0.2, 0.25) is 0 Å². The van der Waals surface area contributed by atoms with Crippen LogP contribution in [0.4, 0.5) is 0 Å². The normalized spacial score (nSPS) is 12.9. The van der Waals surface area contributed by atoms with Gasteiger partial charge in [-0.2, -0.15) is 0 Å². The Kier molecular flexibility index (Phi) is 1.59. The molecule has 3 rings (SSSR count). The molecule has 0 amide bonds. The molecule has 0 saturated carbocycles. The van der Waals surface area contributed by atoms with E-state index in [9.17, 15) is 4.57 Å². The van der Waals surface area contributed by atoms with E-state index in [4.69, 9.17) is 0 Å². The van der Waals surface area contributed by atoms with Crippen LogP contribution < -0.4 is 5.30 Å². The van der Waals surface area contributed by atoms with Crippen molar-refractivity contribution in [2.75, 3.05) is 0 Å². The summed E-state index contributed by atoms with van der Waals surface area (Å²) >= 11 is 0. The van der Waals surface area contributed by atoms with Crippen LogP contribution in [0.1, 0.15) is 11.3 Å². The molecule has 0 radical (unpaired) electrons. The Morgan fingerprint density at radius 2 is 2.14 bits per heavy atom. The summed E-state index contributed by atoms with van der Waals surface area (Å²) in [6.07, 6.45) is 2.89. The maximum atomic E-state index is 10.7. The number of para-hydroxylation sites is 1. The van der Waals surface area contributed by atoms with Crippen LogP contribution in [0, 0.1) is 0 Å². The van der Waals surface area contributed by atoms with Crippen molar-refractivity contribution < 1.29 is 4.57 Å². The van der Waals surface area contributed by atoms with Crippen LogP contribution in [0.5, 0.6) is 0 Å². The molecular formula is C11H8NOP. The second-order valence-corrected chi connectivity index (χ2v) is 4.16. The SMILES string of the molecule is O=Pc1cc2n(c1)-c1ccccc1C2.